The van der Waals surface area contributed by atoms with Gasteiger partial charge in [0.15, 0.2) is 0 Å². The Balaban J connectivity index is 3.13. The van der Waals surface area contributed by atoms with Crippen molar-refractivity contribution in [1.82, 2.24) is 0 Å². The predicted octanol–water partition coefficient (Wildman–Crippen LogP) is 6.43. The number of hydrogen-bond donors (Lipinski definition) is 0. The first kappa shape index (κ1) is 16.5. The Hall–Kier alpha value is -0.520. The molecule has 0 amide bonds. The van der Waals surface area contributed by atoms with Crippen LogP contribution in [0.4, 0.5) is 0 Å². The molecule has 0 heterocycles. The molecule has 17 heavy (non-hydrogen) atoms. The molecule has 0 saturated carbocycles. The molecule has 0 radical (unpaired) electrons. The molecule has 0 aliphatic rings. The molecular weight excluding hydrogens is 204 g/mol. The Morgan fingerprint density at radius 1 is 0.471 bits per heavy atom. The summed E-state index contributed by atoms with van der Waals surface area (Å²) in [5.41, 5.74) is 0. The quantitative estimate of drug-likeness (QED) is 0.270. The van der Waals surface area contributed by atoms with Crippen LogP contribution in [-0.2, 0) is 0 Å². The largest absolute Gasteiger partial charge is 0.0885 e. The lowest BCUT2D eigenvalue weighted by atomic mass is 10.1. The molecule has 0 nitrogen and oxygen atoms in total. The lowest BCUT2D eigenvalue weighted by molar-refractivity contribution is 0.674. The van der Waals surface area contributed by atoms with Gasteiger partial charge in [0.2, 0.25) is 0 Å². The second-order valence-electron chi connectivity index (χ2n) is 4.87. The molecule has 0 rings (SSSR count). The summed E-state index contributed by atoms with van der Waals surface area (Å²) >= 11 is 0. The van der Waals surface area contributed by atoms with E-state index in [2.05, 4.69) is 38.2 Å². The molecule has 0 spiro atoms. The van der Waals surface area contributed by atoms with Crippen LogP contribution in [0, 0.1) is 0 Å². The highest BCUT2D eigenvalue weighted by Gasteiger charge is 1.84. The maximum Gasteiger partial charge on any atom is -0.0316 e. The van der Waals surface area contributed by atoms with Gasteiger partial charge in [-0.2, -0.15) is 0 Å². The zero-order chi connectivity index (χ0) is 12.6. The SMILES string of the molecule is CCCCCC=CCCC=CCCCCCC. The first-order valence-electron chi connectivity index (χ1n) is 7.71. The molecule has 0 saturated heterocycles. The average Bonchev–Trinajstić information content (AvgIpc) is 2.35. The molecule has 0 atom stereocenters. The Morgan fingerprint density at radius 2 is 0.882 bits per heavy atom. The van der Waals surface area contributed by atoms with Crippen molar-refractivity contribution in [3.63, 3.8) is 0 Å². The van der Waals surface area contributed by atoms with Crippen molar-refractivity contribution < 1.29 is 0 Å². The van der Waals surface area contributed by atoms with Gasteiger partial charge < -0.3 is 0 Å². The van der Waals surface area contributed by atoms with Crippen molar-refractivity contribution >= 4 is 0 Å². The van der Waals surface area contributed by atoms with Crippen LogP contribution in [0.3, 0.4) is 0 Å². The maximum atomic E-state index is 2.36. The van der Waals surface area contributed by atoms with Crippen LogP contribution in [0.15, 0.2) is 24.3 Å². The Labute approximate surface area is 109 Å². The zero-order valence-electron chi connectivity index (χ0n) is 12.1. The van der Waals surface area contributed by atoms with E-state index in [0.717, 1.165) is 0 Å². The van der Waals surface area contributed by atoms with E-state index >= 15 is 0 Å². The third-order valence-electron chi connectivity index (χ3n) is 3.03. The van der Waals surface area contributed by atoms with Gasteiger partial charge >= 0.3 is 0 Å². The molecule has 0 aromatic heterocycles. The lowest BCUT2D eigenvalue weighted by Crippen LogP contribution is -1.74. The van der Waals surface area contributed by atoms with Crippen LogP contribution in [-0.4, -0.2) is 0 Å². The smallest absolute Gasteiger partial charge is 0.0316 e. The molecule has 0 aromatic carbocycles. The van der Waals surface area contributed by atoms with Crippen LogP contribution < -0.4 is 0 Å². The van der Waals surface area contributed by atoms with Gasteiger partial charge in [-0.05, 0) is 38.5 Å². The lowest BCUT2D eigenvalue weighted by Gasteiger charge is -1.94. The molecule has 0 N–H and O–H groups in total. The van der Waals surface area contributed by atoms with Crippen molar-refractivity contribution in [3.05, 3.63) is 24.3 Å². The summed E-state index contributed by atoms with van der Waals surface area (Å²) in [6, 6.07) is 0. The van der Waals surface area contributed by atoms with Crippen LogP contribution >= 0.6 is 0 Å². The Bertz CT molecular complexity index is 176. The number of unbranched alkanes of at least 4 members (excludes halogenated alkanes) is 8. The highest BCUT2D eigenvalue weighted by Crippen LogP contribution is 2.04. The van der Waals surface area contributed by atoms with Crippen LogP contribution in [0.5, 0.6) is 0 Å². The first-order valence-corrected chi connectivity index (χ1v) is 7.71. The van der Waals surface area contributed by atoms with E-state index in [1.165, 1.54) is 70.6 Å². The standard InChI is InChI=1S/C17H32/c1-3-5-7-9-11-13-15-17-16-14-12-10-8-6-4-2/h11,13-14,16H,3-10,12,15,17H2,1-2H3. The normalized spacial score (nSPS) is 11.9. The number of allylic oxidation sites excluding steroid dienone is 4. The summed E-state index contributed by atoms with van der Waals surface area (Å²) in [7, 11) is 0. The van der Waals surface area contributed by atoms with E-state index in [4.69, 9.17) is 0 Å². The van der Waals surface area contributed by atoms with E-state index in [1.807, 2.05) is 0 Å². The molecule has 0 unspecified atom stereocenters. The van der Waals surface area contributed by atoms with Crippen molar-refractivity contribution in [3.8, 4) is 0 Å². The fraction of sp³-hybridized carbons (Fsp3) is 0.765. The summed E-state index contributed by atoms with van der Waals surface area (Å²) in [5.74, 6) is 0. The molecule has 0 bridgehead atoms. The third-order valence-corrected chi connectivity index (χ3v) is 3.03. The fourth-order valence-corrected chi connectivity index (χ4v) is 1.87. The Kier molecular flexibility index (Phi) is 15.0. The molecule has 100 valence electrons. The summed E-state index contributed by atoms with van der Waals surface area (Å²) in [5, 5.41) is 0. The van der Waals surface area contributed by atoms with Crippen LogP contribution in [0.2, 0.25) is 0 Å². The molecule has 0 aliphatic carbocycles. The van der Waals surface area contributed by atoms with Crippen molar-refractivity contribution in [1.29, 1.82) is 0 Å². The topological polar surface area (TPSA) is 0 Å². The monoisotopic (exact) mass is 236 g/mol. The second-order valence-corrected chi connectivity index (χ2v) is 4.87. The molecule has 0 heteroatoms. The van der Waals surface area contributed by atoms with E-state index in [-0.39, 0.29) is 0 Å². The zero-order valence-corrected chi connectivity index (χ0v) is 12.1. The van der Waals surface area contributed by atoms with Gasteiger partial charge in [-0.1, -0.05) is 70.3 Å². The summed E-state index contributed by atoms with van der Waals surface area (Å²) in [6.45, 7) is 4.53. The van der Waals surface area contributed by atoms with Gasteiger partial charge in [0.1, 0.15) is 0 Å². The van der Waals surface area contributed by atoms with Crippen molar-refractivity contribution in [2.45, 2.75) is 84.5 Å². The van der Waals surface area contributed by atoms with Crippen molar-refractivity contribution in [2.24, 2.45) is 0 Å². The van der Waals surface area contributed by atoms with Gasteiger partial charge in [-0.25, -0.2) is 0 Å². The number of hydrogen-bond acceptors (Lipinski definition) is 0. The van der Waals surface area contributed by atoms with E-state index < -0.39 is 0 Å². The highest BCUT2D eigenvalue weighted by molar-refractivity contribution is 4.87. The molecule has 0 aromatic rings. The van der Waals surface area contributed by atoms with Crippen molar-refractivity contribution in [2.75, 3.05) is 0 Å². The van der Waals surface area contributed by atoms with Gasteiger partial charge in [0, 0.05) is 0 Å². The number of rotatable bonds is 12. The van der Waals surface area contributed by atoms with Crippen LogP contribution in [0.25, 0.3) is 0 Å². The summed E-state index contributed by atoms with van der Waals surface area (Å²) in [4.78, 5) is 0. The fourth-order valence-electron chi connectivity index (χ4n) is 1.87. The first-order chi connectivity index (χ1) is 8.41. The predicted molar refractivity (Wildman–Crippen MR) is 80.4 cm³/mol. The average molecular weight is 236 g/mol. The minimum absolute atomic E-state index is 1.22. The minimum Gasteiger partial charge on any atom is -0.0885 e. The minimum atomic E-state index is 1.22. The van der Waals surface area contributed by atoms with Gasteiger partial charge in [0.05, 0.1) is 0 Å². The van der Waals surface area contributed by atoms with Crippen LogP contribution in [0.1, 0.15) is 84.5 Å². The second kappa shape index (κ2) is 15.5. The van der Waals surface area contributed by atoms with Gasteiger partial charge in [-0.3, -0.25) is 0 Å². The summed E-state index contributed by atoms with van der Waals surface area (Å²) < 4.78 is 0. The van der Waals surface area contributed by atoms with E-state index in [0.29, 0.717) is 0 Å². The maximum absolute atomic E-state index is 2.36. The summed E-state index contributed by atoms with van der Waals surface area (Å²) in [6.07, 6.45) is 24.0. The molecule has 0 aliphatic heterocycles. The van der Waals surface area contributed by atoms with Gasteiger partial charge in [-0.15, -0.1) is 0 Å². The van der Waals surface area contributed by atoms with E-state index in [1.54, 1.807) is 0 Å². The Morgan fingerprint density at radius 3 is 1.41 bits per heavy atom. The highest BCUT2D eigenvalue weighted by atomic mass is 13.9. The van der Waals surface area contributed by atoms with Gasteiger partial charge in [0.25, 0.3) is 0 Å². The molecule has 0 fully saturated rings. The third kappa shape index (κ3) is 15.5. The van der Waals surface area contributed by atoms with E-state index in [9.17, 15) is 0 Å². The molecular formula is C17H32.